The first-order valence-corrected chi connectivity index (χ1v) is 8.16. The van der Waals surface area contributed by atoms with E-state index in [9.17, 15) is 0 Å². The standard InChI is InChI=1S/C18H26N2O/c1-20(12-14-7-3-2-4-8-14)13-18-16(11-19)15-9-5-6-10-17(15)21-18/h5-6,9-10,14H,2-4,7-8,11-13,19H2,1H3. The molecule has 1 heterocycles. The molecule has 3 rings (SSSR count). The van der Waals surface area contributed by atoms with Gasteiger partial charge in [-0.05, 0) is 31.9 Å². The molecule has 0 saturated heterocycles. The Morgan fingerprint density at radius 3 is 2.71 bits per heavy atom. The van der Waals surface area contributed by atoms with Gasteiger partial charge < -0.3 is 10.2 Å². The van der Waals surface area contributed by atoms with Gasteiger partial charge in [0.1, 0.15) is 11.3 Å². The van der Waals surface area contributed by atoms with Gasteiger partial charge in [-0.15, -0.1) is 0 Å². The zero-order chi connectivity index (χ0) is 14.7. The van der Waals surface area contributed by atoms with Crippen molar-refractivity contribution in [1.82, 2.24) is 4.90 Å². The highest BCUT2D eigenvalue weighted by molar-refractivity contribution is 5.82. The molecule has 1 aromatic heterocycles. The van der Waals surface area contributed by atoms with E-state index in [-0.39, 0.29) is 0 Å². The summed E-state index contributed by atoms with van der Waals surface area (Å²) in [5.74, 6) is 1.89. The van der Waals surface area contributed by atoms with E-state index in [1.54, 1.807) is 0 Å². The van der Waals surface area contributed by atoms with Crippen LogP contribution < -0.4 is 5.73 Å². The first kappa shape index (κ1) is 14.6. The lowest BCUT2D eigenvalue weighted by Gasteiger charge is -2.26. The molecule has 2 N–H and O–H groups in total. The number of furan rings is 1. The van der Waals surface area contributed by atoms with Gasteiger partial charge in [0.2, 0.25) is 0 Å². The number of fused-ring (bicyclic) bond motifs is 1. The molecule has 2 aromatic rings. The number of nitrogens with two attached hydrogens (primary N) is 1. The maximum atomic E-state index is 6.03. The molecular formula is C18H26N2O. The summed E-state index contributed by atoms with van der Waals surface area (Å²) < 4.78 is 6.03. The van der Waals surface area contributed by atoms with E-state index in [0.717, 1.165) is 23.8 Å². The average molecular weight is 286 g/mol. The largest absolute Gasteiger partial charge is 0.459 e. The summed E-state index contributed by atoms with van der Waals surface area (Å²) in [6.07, 6.45) is 6.98. The first-order valence-electron chi connectivity index (χ1n) is 8.16. The second-order valence-corrected chi connectivity index (χ2v) is 6.40. The fourth-order valence-electron chi connectivity index (χ4n) is 3.62. The third kappa shape index (κ3) is 3.30. The highest BCUT2D eigenvalue weighted by Crippen LogP contribution is 2.28. The van der Waals surface area contributed by atoms with Crippen LogP contribution in [0.2, 0.25) is 0 Å². The SMILES string of the molecule is CN(Cc1oc2ccccc2c1CN)CC1CCCCC1. The van der Waals surface area contributed by atoms with Crippen molar-refractivity contribution in [3.05, 3.63) is 35.6 Å². The summed E-state index contributed by atoms with van der Waals surface area (Å²) in [4.78, 5) is 2.40. The van der Waals surface area contributed by atoms with Crippen LogP contribution >= 0.6 is 0 Å². The Morgan fingerprint density at radius 1 is 1.19 bits per heavy atom. The highest BCUT2D eigenvalue weighted by Gasteiger charge is 2.18. The number of hydrogen-bond donors (Lipinski definition) is 1. The van der Waals surface area contributed by atoms with Crippen molar-refractivity contribution in [2.24, 2.45) is 11.7 Å². The van der Waals surface area contributed by atoms with Crippen molar-refractivity contribution in [2.75, 3.05) is 13.6 Å². The third-order valence-corrected chi connectivity index (χ3v) is 4.69. The molecule has 1 aliphatic carbocycles. The quantitative estimate of drug-likeness (QED) is 0.906. The predicted molar refractivity (Wildman–Crippen MR) is 87.0 cm³/mol. The Labute approximate surface area is 127 Å². The Morgan fingerprint density at radius 2 is 1.95 bits per heavy atom. The van der Waals surface area contributed by atoms with Crippen molar-refractivity contribution >= 4 is 11.0 Å². The van der Waals surface area contributed by atoms with Gasteiger partial charge in [0.05, 0.1) is 6.54 Å². The second-order valence-electron chi connectivity index (χ2n) is 6.40. The minimum atomic E-state index is 0.545. The molecule has 1 aliphatic rings. The molecule has 0 spiro atoms. The molecule has 0 radical (unpaired) electrons. The van der Waals surface area contributed by atoms with Crippen LogP contribution in [0, 0.1) is 5.92 Å². The number of rotatable bonds is 5. The van der Waals surface area contributed by atoms with Crippen molar-refractivity contribution in [2.45, 2.75) is 45.2 Å². The van der Waals surface area contributed by atoms with Gasteiger partial charge in [-0.1, -0.05) is 37.5 Å². The van der Waals surface area contributed by atoms with Crippen molar-refractivity contribution < 1.29 is 4.42 Å². The number of nitrogens with zero attached hydrogens (tertiary/aromatic N) is 1. The van der Waals surface area contributed by atoms with Gasteiger partial charge in [-0.25, -0.2) is 0 Å². The fourth-order valence-corrected chi connectivity index (χ4v) is 3.62. The minimum Gasteiger partial charge on any atom is -0.459 e. The lowest BCUT2D eigenvalue weighted by atomic mass is 9.89. The molecule has 3 nitrogen and oxygen atoms in total. The van der Waals surface area contributed by atoms with E-state index in [1.165, 1.54) is 49.6 Å². The highest BCUT2D eigenvalue weighted by atomic mass is 16.3. The normalized spacial score (nSPS) is 16.9. The maximum absolute atomic E-state index is 6.03. The van der Waals surface area contributed by atoms with Crippen LogP contribution in [0.1, 0.15) is 43.4 Å². The van der Waals surface area contributed by atoms with Gasteiger partial charge in [-0.2, -0.15) is 0 Å². The molecule has 114 valence electrons. The van der Waals surface area contributed by atoms with Crippen LogP contribution in [0.4, 0.5) is 0 Å². The zero-order valence-corrected chi connectivity index (χ0v) is 13.0. The molecule has 0 atom stereocenters. The first-order chi connectivity index (χ1) is 10.3. The van der Waals surface area contributed by atoms with Crippen LogP contribution in [0.3, 0.4) is 0 Å². The number of para-hydroxylation sites is 1. The van der Waals surface area contributed by atoms with E-state index in [0.29, 0.717) is 6.54 Å². The third-order valence-electron chi connectivity index (χ3n) is 4.69. The zero-order valence-electron chi connectivity index (χ0n) is 13.0. The summed E-state index contributed by atoms with van der Waals surface area (Å²) in [5, 5.41) is 1.17. The topological polar surface area (TPSA) is 42.4 Å². The van der Waals surface area contributed by atoms with Crippen LogP contribution in [-0.4, -0.2) is 18.5 Å². The van der Waals surface area contributed by atoms with Gasteiger partial charge >= 0.3 is 0 Å². The van der Waals surface area contributed by atoms with Crippen molar-refractivity contribution in [1.29, 1.82) is 0 Å². The van der Waals surface area contributed by atoms with Gasteiger partial charge in [0, 0.05) is 24.0 Å². The molecule has 21 heavy (non-hydrogen) atoms. The maximum Gasteiger partial charge on any atom is 0.134 e. The molecule has 0 amide bonds. The summed E-state index contributed by atoms with van der Waals surface area (Å²) in [6.45, 7) is 2.57. The molecule has 0 bridgehead atoms. The van der Waals surface area contributed by atoms with Crippen LogP contribution in [0.5, 0.6) is 0 Å². The van der Waals surface area contributed by atoms with E-state index in [4.69, 9.17) is 10.2 Å². The average Bonchev–Trinajstić information content (AvgIpc) is 2.85. The van der Waals surface area contributed by atoms with E-state index >= 15 is 0 Å². The van der Waals surface area contributed by atoms with E-state index < -0.39 is 0 Å². The predicted octanol–water partition coefficient (Wildman–Crippen LogP) is 3.90. The monoisotopic (exact) mass is 286 g/mol. The summed E-state index contributed by atoms with van der Waals surface area (Å²) in [5.41, 5.74) is 8.07. The van der Waals surface area contributed by atoms with E-state index in [1.807, 2.05) is 18.2 Å². The lowest BCUT2D eigenvalue weighted by molar-refractivity contribution is 0.216. The van der Waals surface area contributed by atoms with Gasteiger partial charge in [0.15, 0.2) is 0 Å². The summed E-state index contributed by atoms with van der Waals surface area (Å²) in [7, 11) is 2.20. The van der Waals surface area contributed by atoms with Crippen molar-refractivity contribution in [3.63, 3.8) is 0 Å². The Hall–Kier alpha value is -1.32. The van der Waals surface area contributed by atoms with Crippen LogP contribution in [-0.2, 0) is 13.1 Å². The molecular weight excluding hydrogens is 260 g/mol. The van der Waals surface area contributed by atoms with Gasteiger partial charge in [-0.3, -0.25) is 4.90 Å². The smallest absolute Gasteiger partial charge is 0.134 e. The molecule has 1 saturated carbocycles. The summed E-state index contributed by atoms with van der Waals surface area (Å²) in [6, 6.07) is 8.19. The molecule has 1 aromatic carbocycles. The van der Waals surface area contributed by atoms with Gasteiger partial charge in [0.25, 0.3) is 0 Å². The molecule has 3 heteroatoms. The van der Waals surface area contributed by atoms with Crippen LogP contribution in [0.15, 0.2) is 28.7 Å². The Bertz CT molecular complexity index is 584. The fraction of sp³-hybridized carbons (Fsp3) is 0.556. The Balaban J connectivity index is 1.71. The Kier molecular flexibility index (Phi) is 4.61. The van der Waals surface area contributed by atoms with Crippen molar-refractivity contribution in [3.8, 4) is 0 Å². The van der Waals surface area contributed by atoms with Crippen LogP contribution in [0.25, 0.3) is 11.0 Å². The molecule has 0 unspecified atom stereocenters. The van der Waals surface area contributed by atoms with E-state index in [2.05, 4.69) is 18.0 Å². The lowest BCUT2D eigenvalue weighted by Crippen LogP contribution is -2.27. The molecule has 1 fully saturated rings. The second kappa shape index (κ2) is 6.63. The molecule has 0 aliphatic heterocycles. The number of benzene rings is 1. The minimum absolute atomic E-state index is 0.545. The summed E-state index contributed by atoms with van der Waals surface area (Å²) >= 11 is 0. The number of hydrogen-bond acceptors (Lipinski definition) is 3.